The van der Waals surface area contributed by atoms with E-state index in [9.17, 15) is 8.42 Å². The second-order valence-electron chi connectivity index (χ2n) is 4.53. The van der Waals surface area contributed by atoms with Gasteiger partial charge >= 0.3 is 0 Å². The van der Waals surface area contributed by atoms with Crippen LogP contribution in [0.5, 0.6) is 0 Å². The van der Waals surface area contributed by atoms with Gasteiger partial charge in [-0.1, -0.05) is 24.4 Å². The van der Waals surface area contributed by atoms with Gasteiger partial charge in [0.05, 0.1) is 16.1 Å². The maximum absolute atomic E-state index is 12.4. The highest BCUT2D eigenvalue weighted by molar-refractivity contribution is 7.89. The fourth-order valence-corrected chi connectivity index (χ4v) is 3.98. The number of hydrogen-bond acceptors (Lipinski definition) is 5. The molecule has 3 N–H and O–H groups in total. The molecule has 5 nitrogen and oxygen atoms in total. The van der Waals surface area contributed by atoms with Crippen molar-refractivity contribution in [1.29, 1.82) is 0 Å². The molecule has 0 saturated carbocycles. The lowest BCUT2D eigenvalue weighted by Gasteiger charge is -2.10. The van der Waals surface area contributed by atoms with Crippen molar-refractivity contribution in [3.05, 3.63) is 45.4 Å². The van der Waals surface area contributed by atoms with Gasteiger partial charge in [-0.15, -0.1) is 11.3 Å². The summed E-state index contributed by atoms with van der Waals surface area (Å²) in [6.45, 7) is 3.80. The lowest BCUT2D eigenvalue weighted by molar-refractivity contribution is 0.581. The second kappa shape index (κ2) is 6.18. The third kappa shape index (κ3) is 3.65. The number of thiazole rings is 1. The molecule has 0 radical (unpaired) electrons. The average molecular weight is 341 g/mol. The fourth-order valence-electron chi connectivity index (χ4n) is 1.78. The number of aromatic nitrogens is 1. The first-order chi connectivity index (χ1) is 9.81. The molecule has 0 aliphatic heterocycles. The normalized spacial score (nSPS) is 11.5. The van der Waals surface area contributed by atoms with Crippen LogP contribution in [0.3, 0.4) is 0 Å². The first-order valence-corrected chi connectivity index (χ1v) is 8.87. The Hall–Kier alpha value is -1.35. The van der Waals surface area contributed by atoms with Crippen LogP contribution < -0.4 is 10.5 Å². The van der Waals surface area contributed by atoms with E-state index in [1.807, 2.05) is 6.92 Å². The number of thiocarbonyl (C=S) groups is 1. The summed E-state index contributed by atoms with van der Waals surface area (Å²) in [7, 11) is -3.63. The first-order valence-electron chi connectivity index (χ1n) is 6.10. The van der Waals surface area contributed by atoms with Crippen molar-refractivity contribution >= 4 is 38.6 Å². The molecule has 0 bridgehead atoms. The van der Waals surface area contributed by atoms with Gasteiger partial charge in [-0.05, 0) is 25.5 Å². The Balaban J connectivity index is 2.29. The Morgan fingerprint density at radius 2 is 2.14 bits per heavy atom. The van der Waals surface area contributed by atoms with E-state index >= 15 is 0 Å². The van der Waals surface area contributed by atoms with Gasteiger partial charge in [0.15, 0.2) is 0 Å². The van der Waals surface area contributed by atoms with Crippen LogP contribution in [0.15, 0.2) is 28.6 Å². The molecule has 8 heteroatoms. The molecule has 0 saturated heterocycles. The number of rotatable bonds is 5. The number of benzene rings is 1. The van der Waals surface area contributed by atoms with Crippen LogP contribution in [-0.4, -0.2) is 18.4 Å². The van der Waals surface area contributed by atoms with Crippen LogP contribution in [0.2, 0.25) is 0 Å². The number of aryl methyl sites for hydroxylation is 2. The van der Waals surface area contributed by atoms with Crippen LogP contribution in [-0.2, 0) is 16.6 Å². The predicted molar refractivity (Wildman–Crippen MR) is 87.9 cm³/mol. The van der Waals surface area contributed by atoms with Crippen molar-refractivity contribution in [3.63, 3.8) is 0 Å². The molecule has 21 heavy (non-hydrogen) atoms. The Kier molecular flexibility index (Phi) is 4.72. The van der Waals surface area contributed by atoms with Crippen molar-refractivity contribution < 1.29 is 8.42 Å². The number of hydrogen-bond donors (Lipinski definition) is 2. The highest BCUT2D eigenvalue weighted by Crippen LogP contribution is 2.19. The summed E-state index contributed by atoms with van der Waals surface area (Å²) in [5, 5.41) is 0. The molecule has 0 unspecified atom stereocenters. The minimum atomic E-state index is -3.63. The molecule has 0 amide bonds. The van der Waals surface area contributed by atoms with Gasteiger partial charge in [0.25, 0.3) is 0 Å². The number of nitrogens with one attached hydrogen (secondary N) is 1. The number of nitrogens with two attached hydrogens (primary N) is 1. The summed E-state index contributed by atoms with van der Waals surface area (Å²) in [6.07, 6.45) is 0. The van der Waals surface area contributed by atoms with Crippen molar-refractivity contribution in [2.75, 3.05) is 0 Å². The lowest BCUT2D eigenvalue weighted by Crippen LogP contribution is -2.24. The second-order valence-corrected chi connectivity index (χ2v) is 7.64. The maximum atomic E-state index is 12.4. The highest BCUT2D eigenvalue weighted by atomic mass is 32.2. The van der Waals surface area contributed by atoms with E-state index in [0.717, 1.165) is 10.6 Å². The summed E-state index contributed by atoms with van der Waals surface area (Å²) in [5.74, 6) is 0. The number of sulfonamides is 1. The van der Waals surface area contributed by atoms with Gasteiger partial charge in [-0.3, -0.25) is 0 Å². The van der Waals surface area contributed by atoms with Gasteiger partial charge in [0, 0.05) is 17.0 Å². The topological polar surface area (TPSA) is 85.1 Å². The van der Waals surface area contributed by atoms with Crippen molar-refractivity contribution in [1.82, 2.24) is 9.71 Å². The van der Waals surface area contributed by atoms with Crippen LogP contribution in [0.4, 0.5) is 0 Å². The van der Waals surface area contributed by atoms with E-state index in [1.54, 1.807) is 24.6 Å². The minimum Gasteiger partial charge on any atom is -0.389 e. The van der Waals surface area contributed by atoms with Gasteiger partial charge < -0.3 is 5.73 Å². The molecule has 2 aromatic rings. The van der Waals surface area contributed by atoms with Crippen molar-refractivity contribution in [2.45, 2.75) is 25.3 Å². The van der Waals surface area contributed by atoms with Crippen LogP contribution >= 0.6 is 23.6 Å². The molecule has 0 aliphatic carbocycles. The summed E-state index contributed by atoms with van der Waals surface area (Å²) >= 11 is 6.31. The molecule has 1 aromatic heterocycles. The number of nitrogens with zero attached hydrogens (tertiary/aromatic N) is 1. The third-order valence-electron chi connectivity index (χ3n) is 3.03. The average Bonchev–Trinajstić information content (AvgIpc) is 2.82. The molecule has 0 aliphatic rings. The standard InChI is InChI=1S/C13H15N3O2S3/c1-8-3-4-10(13(14)19)5-12(8)21(17,18)16-6-11-9(2)15-7-20-11/h3-5,7,16H,6H2,1-2H3,(H2,14,19). The monoisotopic (exact) mass is 341 g/mol. The molecule has 0 spiro atoms. The molecule has 112 valence electrons. The smallest absolute Gasteiger partial charge is 0.241 e. The van der Waals surface area contributed by atoms with Crippen LogP contribution in [0, 0.1) is 13.8 Å². The molecule has 0 fully saturated rings. The maximum Gasteiger partial charge on any atom is 0.241 e. The van der Waals surface area contributed by atoms with E-state index in [-0.39, 0.29) is 16.4 Å². The van der Waals surface area contributed by atoms with Crippen LogP contribution in [0.1, 0.15) is 21.7 Å². The van der Waals surface area contributed by atoms with E-state index in [4.69, 9.17) is 18.0 Å². The Bertz CT molecular complexity index is 782. The molecular formula is C13H15N3O2S3. The summed E-state index contributed by atoms with van der Waals surface area (Å²) in [6, 6.07) is 4.91. The molecule has 0 atom stereocenters. The Morgan fingerprint density at radius 3 is 2.71 bits per heavy atom. The molecule has 1 aromatic carbocycles. The molecule has 2 rings (SSSR count). The first kappa shape index (κ1) is 16.0. The predicted octanol–water partition coefficient (Wildman–Crippen LogP) is 1.87. The Morgan fingerprint density at radius 1 is 1.43 bits per heavy atom. The van der Waals surface area contributed by atoms with E-state index in [2.05, 4.69) is 9.71 Å². The SMILES string of the molecule is Cc1ccc(C(N)=S)cc1S(=O)(=O)NCc1scnc1C. The summed E-state index contributed by atoms with van der Waals surface area (Å²) < 4.78 is 27.4. The fraction of sp³-hybridized carbons (Fsp3) is 0.231. The quantitative estimate of drug-likeness (QED) is 0.811. The third-order valence-corrected chi connectivity index (χ3v) is 5.74. The summed E-state index contributed by atoms with van der Waals surface area (Å²) in [4.78, 5) is 5.35. The zero-order valence-electron chi connectivity index (χ0n) is 11.6. The molecule has 1 heterocycles. The zero-order chi connectivity index (χ0) is 15.6. The molecular weight excluding hydrogens is 326 g/mol. The van der Waals surface area contributed by atoms with E-state index in [1.165, 1.54) is 17.4 Å². The van der Waals surface area contributed by atoms with Gasteiger partial charge in [-0.2, -0.15) is 0 Å². The largest absolute Gasteiger partial charge is 0.389 e. The Labute approximate surface area is 133 Å². The van der Waals surface area contributed by atoms with E-state index < -0.39 is 10.0 Å². The zero-order valence-corrected chi connectivity index (χ0v) is 14.0. The highest BCUT2D eigenvalue weighted by Gasteiger charge is 2.18. The van der Waals surface area contributed by atoms with Crippen molar-refractivity contribution in [3.8, 4) is 0 Å². The minimum absolute atomic E-state index is 0.171. The lowest BCUT2D eigenvalue weighted by atomic mass is 10.1. The van der Waals surface area contributed by atoms with Gasteiger partial charge in [-0.25, -0.2) is 18.1 Å². The van der Waals surface area contributed by atoms with Gasteiger partial charge in [0.1, 0.15) is 4.99 Å². The van der Waals surface area contributed by atoms with Crippen molar-refractivity contribution in [2.24, 2.45) is 5.73 Å². The van der Waals surface area contributed by atoms with Gasteiger partial charge in [0.2, 0.25) is 10.0 Å². The summed E-state index contributed by atoms with van der Waals surface area (Å²) in [5.41, 5.74) is 9.25. The van der Waals surface area contributed by atoms with E-state index in [0.29, 0.717) is 11.1 Å². The van der Waals surface area contributed by atoms with Crippen LogP contribution in [0.25, 0.3) is 0 Å².